The highest BCUT2D eigenvalue weighted by molar-refractivity contribution is 7.91. The van der Waals surface area contributed by atoms with Crippen LogP contribution >= 0.6 is 0 Å². The van der Waals surface area contributed by atoms with Gasteiger partial charge in [-0.15, -0.1) is 0 Å². The van der Waals surface area contributed by atoms with Crippen molar-refractivity contribution in [2.24, 2.45) is 4.99 Å². The summed E-state index contributed by atoms with van der Waals surface area (Å²) in [7, 11) is -2.93. The van der Waals surface area contributed by atoms with Crippen molar-refractivity contribution in [1.82, 2.24) is 10.6 Å². The maximum absolute atomic E-state index is 11.7. The van der Waals surface area contributed by atoms with E-state index in [9.17, 15) is 8.42 Å². The highest BCUT2D eigenvalue weighted by Crippen LogP contribution is 2.16. The van der Waals surface area contributed by atoms with Crippen molar-refractivity contribution in [3.05, 3.63) is 65.7 Å². The second kappa shape index (κ2) is 9.59. The SMILES string of the molecule is CCNC(=NCc1ccccc1COc1ccccc1)NC1CCS(=O)(=O)C1. The molecular weight excluding hydrogens is 374 g/mol. The Balaban J connectivity index is 1.65. The molecule has 0 aromatic heterocycles. The fourth-order valence-electron chi connectivity index (χ4n) is 3.12. The summed E-state index contributed by atoms with van der Waals surface area (Å²) in [5.74, 6) is 1.88. The van der Waals surface area contributed by atoms with Crippen LogP contribution in [0.4, 0.5) is 0 Å². The Kier molecular flexibility index (Phi) is 6.92. The number of nitrogens with zero attached hydrogens (tertiary/aromatic N) is 1. The highest BCUT2D eigenvalue weighted by Gasteiger charge is 2.28. The molecular formula is C21H27N3O3S. The second-order valence-electron chi connectivity index (χ2n) is 6.81. The van der Waals surface area contributed by atoms with E-state index in [4.69, 9.17) is 4.74 Å². The summed E-state index contributed by atoms with van der Waals surface area (Å²) in [4.78, 5) is 4.65. The Hall–Kier alpha value is -2.54. The topological polar surface area (TPSA) is 79.8 Å². The van der Waals surface area contributed by atoms with Crippen LogP contribution in [0.2, 0.25) is 0 Å². The highest BCUT2D eigenvalue weighted by atomic mass is 32.2. The zero-order valence-electron chi connectivity index (χ0n) is 16.1. The number of guanidine groups is 1. The molecule has 3 rings (SSSR count). The van der Waals surface area contributed by atoms with Gasteiger partial charge in [0.05, 0.1) is 18.1 Å². The molecule has 28 heavy (non-hydrogen) atoms. The number of hydrogen-bond acceptors (Lipinski definition) is 4. The first-order chi connectivity index (χ1) is 13.6. The van der Waals surface area contributed by atoms with E-state index in [-0.39, 0.29) is 17.5 Å². The fourth-order valence-corrected chi connectivity index (χ4v) is 4.79. The van der Waals surface area contributed by atoms with Gasteiger partial charge in [-0.05, 0) is 36.6 Å². The Bertz CT molecular complexity index is 898. The molecule has 150 valence electrons. The summed E-state index contributed by atoms with van der Waals surface area (Å²) in [6.07, 6.45) is 0.619. The van der Waals surface area contributed by atoms with Crippen molar-refractivity contribution >= 4 is 15.8 Å². The van der Waals surface area contributed by atoms with E-state index in [0.717, 1.165) is 16.9 Å². The van der Waals surface area contributed by atoms with Crippen molar-refractivity contribution in [3.63, 3.8) is 0 Å². The van der Waals surface area contributed by atoms with Crippen LogP contribution in [0.25, 0.3) is 0 Å². The van der Waals surface area contributed by atoms with E-state index < -0.39 is 9.84 Å². The smallest absolute Gasteiger partial charge is 0.191 e. The van der Waals surface area contributed by atoms with E-state index >= 15 is 0 Å². The number of para-hydroxylation sites is 1. The standard InChI is InChI=1S/C21H27N3O3S/c1-2-22-21(24-19-12-13-28(25,26)16-19)23-14-17-8-6-7-9-18(17)15-27-20-10-4-3-5-11-20/h3-11,19H,2,12-16H2,1H3,(H2,22,23,24). The van der Waals surface area contributed by atoms with Crippen LogP contribution in [0.5, 0.6) is 5.75 Å². The third-order valence-electron chi connectivity index (χ3n) is 4.58. The van der Waals surface area contributed by atoms with Crippen molar-refractivity contribution in [2.45, 2.75) is 32.5 Å². The first kappa shape index (κ1) is 20.2. The molecule has 1 aliphatic rings. The molecule has 1 unspecified atom stereocenters. The molecule has 0 saturated carbocycles. The lowest BCUT2D eigenvalue weighted by Gasteiger charge is -2.16. The predicted octanol–water partition coefficient (Wildman–Crippen LogP) is 2.51. The maximum atomic E-state index is 11.7. The lowest BCUT2D eigenvalue weighted by molar-refractivity contribution is 0.305. The number of hydrogen-bond donors (Lipinski definition) is 2. The molecule has 0 radical (unpaired) electrons. The molecule has 1 heterocycles. The van der Waals surface area contributed by atoms with E-state index in [2.05, 4.69) is 15.6 Å². The lowest BCUT2D eigenvalue weighted by atomic mass is 10.1. The van der Waals surface area contributed by atoms with Gasteiger partial charge in [-0.2, -0.15) is 0 Å². The maximum Gasteiger partial charge on any atom is 0.191 e. The minimum atomic E-state index is -2.93. The summed E-state index contributed by atoms with van der Waals surface area (Å²) < 4.78 is 29.2. The second-order valence-corrected chi connectivity index (χ2v) is 9.04. The zero-order chi connectivity index (χ0) is 19.8. The average Bonchev–Trinajstić information content (AvgIpc) is 3.04. The number of aliphatic imine (C=N–C) groups is 1. The van der Waals surface area contributed by atoms with Gasteiger partial charge in [0, 0.05) is 12.6 Å². The van der Waals surface area contributed by atoms with Gasteiger partial charge < -0.3 is 15.4 Å². The minimum absolute atomic E-state index is 0.0838. The Morgan fingerprint density at radius 2 is 1.82 bits per heavy atom. The molecule has 7 heteroatoms. The molecule has 0 amide bonds. The number of nitrogens with one attached hydrogen (secondary N) is 2. The van der Waals surface area contributed by atoms with Crippen molar-refractivity contribution in [2.75, 3.05) is 18.1 Å². The van der Waals surface area contributed by atoms with Gasteiger partial charge in [0.25, 0.3) is 0 Å². The van der Waals surface area contributed by atoms with Gasteiger partial charge in [-0.25, -0.2) is 13.4 Å². The van der Waals surface area contributed by atoms with E-state index in [1.807, 2.05) is 61.5 Å². The van der Waals surface area contributed by atoms with Crippen LogP contribution < -0.4 is 15.4 Å². The minimum Gasteiger partial charge on any atom is -0.489 e. The molecule has 2 aromatic carbocycles. The summed E-state index contributed by atoms with van der Waals surface area (Å²) in [6, 6.07) is 17.7. The Labute approximate surface area is 167 Å². The van der Waals surface area contributed by atoms with E-state index in [0.29, 0.717) is 32.1 Å². The fraction of sp³-hybridized carbons (Fsp3) is 0.381. The molecule has 0 spiro atoms. The van der Waals surface area contributed by atoms with Crippen molar-refractivity contribution < 1.29 is 13.2 Å². The molecule has 0 bridgehead atoms. The van der Waals surface area contributed by atoms with Crippen LogP contribution in [-0.2, 0) is 23.0 Å². The van der Waals surface area contributed by atoms with Crippen LogP contribution in [0.15, 0.2) is 59.6 Å². The van der Waals surface area contributed by atoms with Crippen LogP contribution in [0.3, 0.4) is 0 Å². The number of benzene rings is 2. The van der Waals surface area contributed by atoms with Gasteiger partial charge in [-0.1, -0.05) is 42.5 Å². The first-order valence-corrected chi connectivity index (χ1v) is 11.4. The molecule has 2 N–H and O–H groups in total. The van der Waals surface area contributed by atoms with Gasteiger partial charge in [-0.3, -0.25) is 0 Å². The summed E-state index contributed by atoms with van der Waals surface area (Å²) in [5.41, 5.74) is 2.16. The Morgan fingerprint density at radius 1 is 1.11 bits per heavy atom. The monoisotopic (exact) mass is 401 g/mol. The van der Waals surface area contributed by atoms with Gasteiger partial charge in [0.1, 0.15) is 12.4 Å². The molecule has 0 aliphatic carbocycles. The van der Waals surface area contributed by atoms with Gasteiger partial charge >= 0.3 is 0 Å². The largest absolute Gasteiger partial charge is 0.489 e. The van der Waals surface area contributed by atoms with Crippen LogP contribution in [-0.4, -0.2) is 38.5 Å². The van der Waals surface area contributed by atoms with E-state index in [1.54, 1.807) is 0 Å². The molecule has 2 aromatic rings. The molecule has 1 saturated heterocycles. The zero-order valence-corrected chi connectivity index (χ0v) is 16.9. The van der Waals surface area contributed by atoms with Gasteiger partial charge in [0.15, 0.2) is 15.8 Å². The van der Waals surface area contributed by atoms with Gasteiger partial charge in [0.2, 0.25) is 0 Å². The molecule has 1 aliphatic heterocycles. The number of rotatable bonds is 7. The van der Waals surface area contributed by atoms with E-state index in [1.165, 1.54) is 0 Å². The third-order valence-corrected chi connectivity index (χ3v) is 6.35. The van der Waals surface area contributed by atoms with Crippen molar-refractivity contribution in [3.8, 4) is 5.75 Å². The Morgan fingerprint density at radius 3 is 2.50 bits per heavy atom. The van der Waals surface area contributed by atoms with Crippen molar-refractivity contribution in [1.29, 1.82) is 0 Å². The number of ether oxygens (including phenoxy) is 1. The number of sulfone groups is 1. The summed E-state index contributed by atoms with van der Waals surface area (Å²) in [5, 5.41) is 6.45. The molecule has 1 fully saturated rings. The summed E-state index contributed by atoms with van der Waals surface area (Å²) >= 11 is 0. The third kappa shape index (κ3) is 5.99. The quantitative estimate of drug-likeness (QED) is 0.550. The predicted molar refractivity (Wildman–Crippen MR) is 112 cm³/mol. The average molecular weight is 402 g/mol. The van der Waals surface area contributed by atoms with Crippen LogP contribution in [0, 0.1) is 0 Å². The lowest BCUT2D eigenvalue weighted by Crippen LogP contribution is -2.44. The summed E-state index contributed by atoms with van der Waals surface area (Å²) in [6.45, 7) is 3.66. The normalized spacial score (nSPS) is 18.6. The molecule has 6 nitrogen and oxygen atoms in total. The molecule has 1 atom stereocenters. The first-order valence-electron chi connectivity index (χ1n) is 9.55. The van der Waals surface area contributed by atoms with Crippen LogP contribution in [0.1, 0.15) is 24.5 Å².